The minimum atomic E-state index is -0.582. The van der Waals surface area contributed by atoms with Crippen molar-refractivity contribution in [2.45, 2.75) is 44.8 Å². The van der Waals surface area contributed by atoms with Gasteiger partial charge < -0.3 is 19.7 Å². The number of nitrogens with zero attached hydrogens (tertiary/aromatic N) is 1. The van der Waals surface area contributed by atoms with Crippen LogP contribution in [-0.4, -0.2) is 55.3 Å². The van der Waals surface area contributed by atoms with Gasteiger partial charge in [-0.2, -0.15) is 0 Å². The van der Waals surface area contributed by atoms with Gasteiger partial charge in [-0.1, -0.05) is 30.3 Å². The number of hydrogen-bond acceptors (Lipinski definition) is 5. The topological polar surface area (TPSA) is 67.9 Å². The van der Waals surface area contributed by atoms with E-state index in [2.05, 4.69) is 10.2 Å². The molecule has 1 unspecified atom stereocenters. The molecule has 1 aromatic rings. The first kappa shape index (κ1) is 19.2. The zero-order valence-electron chi connectivity index (χ0n) is 15.5. The Labute approximate surface area is 149 Å². The van der Waals surface area contributed by atoms with Gasteiger partial charge in [0.2, 0.25) is 0 Å². The van der Waals surface area contributed by atoms with Gasteiger partial charge in [-0.15, -0.1) is 0 Å². The molecule has 0 spiro atoms. The Morgan fingerprint density at radius 2 is 1.96 bits per heavy atom. The standard InChI is InChI=1S/C19H28N2O4/c1-19(2,3)25-18(23)20-12-16(14-8-6-5-7-9-14)17(22)24-15-10-11-21(4)13-15/h5-9,15-16H,10-13H2,1-4H3,(H,20,23)/t15-,16?/m1/s1. The van der Waals surface area contributed by atoms with Gasteiger partial charge in [-0.3, -0.25) is 4.79 Å². The molecule has 0 aromatic heterocycles. The van der Waals surface area contributed by atoms with Gasteiger partial charge in [0, 0.05) is 19.6 Å². The number of benzene rings is 1. The Hall–Kier alpha value is -2.08. The molecule has 1 fully saturated rings. The predicted molar refractivity (Wildman–Crippen MR) is 95.4 cm³/mol. The van der Waals surface area contributed by atoms with E-state index in [1.54, 1.807) is 20.8 Å². The summed E-state index contributed by atoms with van der Waals surface area (Å²) in [7, 11) is 2.01. The van der Waals surface area contributed by atoms with E-state index in [1.165, 1.54) is 0 Å². The van der Waals surface area contributed by atoms with Crippen LogP contribution >= 0.6 is 0 Å². The minimum absolute atomic E-state index is 0.0924. The Balaban J connectivity index is 2.00. The molecule has 0 aliphatic carbocycles. The fraction of sp³-hybridized carbons (Fsp3) is 0.579. The van der Waals surface area contributed by atoms with Gasteiger partial charge in [0.1, 0.15) is 11.7 Å². The Kier molecular flexibility index (Phi) is 6.42. The summed E-state index contributed by atoms with van der Waals surface area (Å²) in [5.41, 5.74) is 0.233. The maximum absolute atomic E-state index is 12.7. The fourth-order valence-electron chi connectivity index (χ4n) is 2.76. The van der Waals surface area contributed by atoms with E-state index in [9.17, 15) is 9.59 Å². The van der Waals surface area contributed by atoms with Gasteiger partial charge in [0.05, 0.1) is 5.92 Å². The summed E-state index contributed by atoms with van der Waals surface area (Å²) < 4.78 is 10.9. The largest absolute Gasteiger partial charge is 0.460 e. The van der Waals surface area contributed by atoms with Crippen LogP contribution in [0, 0.1) is 0 Å². The Bertz CT molecular complexity index is 583. The third-order valence-corrected chi connectivity index (χ3v) is 3.97. The molecule has 1 N–H and O–H groups in total. The first-order valence-electron chi connectivity index (χ1n) is 8.65. The highest BCUT2D eigenvalue weighted by Gasteiger charge is 2.29. The maximum Gasteiger partial charge on any atom is 0.407 e. The Morgan fingerprint density at radius 1 is 1.28 bits per heavy atom. The van der Waals surface area contributed by atoms with Crippen molar-refractivity contribution < 1.29 is 19.1 Å². The number of likely N-dealkylation sites (N-methyl/N-ethyl adjacent to an activating group) is 1. The smallest absolute Gasteiger partial charge is 0.407 e. The molecule has 1 amide bonds. The second-order valence-corrected chi connectivity index (χ2v) is 7.46. The number of carbonyl (C=O) groups excluding carboxylic acids is 2. The van der Waals surface area contributed by atoms with Crippen LogP contribution in [0.15, 0.2) is 30.3 Å². The predicted octanol–water partition coefficient (Wildman–Crippen LogP) is 2.54. The summed E-state index contributed by atoms with van der Waals surface area (Å²) >= 11 is 0. The summed E-state index contributed by atoms with van der Waals surface area (Å²) in [4.78, 5) is 26.7. The maximum atomic E-state index is 12.7. The summed E-state index contributed by atoms with van der Waals surface area (Å²) in [6, 6.07) is 9.35. The number of amides is 1. The molecule has 2 rings (SSSR count). The fourth-order valence-corrected chi connectivity index (χ4v) is 2.76. The molecule has 1 saturated heterocycles. The highest BCUT2D eigenvalue weighted by atomic mass is 16.6. The molecule has 25 heavy (non-hydrogen) atoms. The van der Waals surface area contributed by atoms with E-state index in [1.807, 2.05) is 37.4 Å². The van der Waals surface area contributed by atoms with Crippen molar-refractivity contribution in [2.75, 3.05) is 26.7 Å². The van der Waals surface area contributed by atoms with Crippen LogP contribution in [0.25, 0.3) is 0 Å². The number of carbonyl (C=O) groups is 2. The van der Waals surface area contributed by atoms with Gasteiger partial charge in [-0.05, 0) is 39.8 Å². The molecule has 0 saturated carbocycles. The van der Waals surface area contributed by atoms with Crippen molar-refractivity contribution in [2.24, 2.45) is 0 Å². The normalized spacial score (nSPS) is 19.3. The number of rotatable bonds is 5. The van der Waals surface area contributed by atoms with Crippen molar-refractivity contribution in [3.05, 3.63) is 35.9 Å². The Morgan fingerprint density at radius 3 is 2.52 bits per heavy atom. The van der Waals surface area contributed by atoms with Crippen molar-refractivity contribution in [3.8, 4) is 0 Å². The molecule has 0 bridgehead atoms. The van der Waals surface area contributed by atoms with Crippen LogP contribution in [-0.2, 0) is 14.3 Å². The third-order valence-electron chi connectivity index (χ3n) is 3.97. The second kappa shape index (κ2) is 8.34. The quantitative estimate of drug-likeness (QED) is 0.828. The van der Waals surface area contributed by atoms with E-state index in [0.29, 0.717) is 0 Å². The van der Waals surface area contributed by atoms with Crippen LogP contribution < -0.4 is 5.32 Å². The van der Waals surface area contributed by atoms with E-state index in [0.717, 1.165) is 25.1 Å². The molecule has 6 nitrogen and oxygen atoms in total. The van der Waals surface area contributed by atoms with Crippen LogP contribution in [0.4, 0.5) is 4.79 Å². The third kappa shape index (κ3) is 6.38. The average molecular weight is 348 g/mol. The van der Waals surface area contributed by atoms with Crippen LogP contribution in [0.1, 0.15) is 38.7 Å². The van der Waals surface area contributed by atoms with Gasteiger partial charge >= 0.3 is 12.1 Å². The van der Waals surface area contributed by atoms with Crippen molar-refractivity contribution in [1.29, 1.82) is 0 Å². The highest BCUT2D eigenvalue weighted by Crippen LogP contribution is 2.20. The van der Waals surface area contributed by atoms with Crippen molar-refractivity contribution >= 4 is 12.1 Å². The van der Waals surface area contributed by atoms with Gasteiger partial charge in [0.15, 0.2) is 0 Å². The van der Waals surface area contributed by atoms with Crippen molar-refractivity contribution in [1.82, 2.24) is 10.2 Å². The van der Waals surface area contributed by atoms with E-state index in [-0.39, 0.29) is 18.6 Å². The SMILES string of the molecule is CN1CC[C@@H](OC(=O)C(CNC(=O)OC(C)(C)C)c2ccccc2)C1. The number of alkyl carbamates (subject to hydrolysis) is 1. The number of ether oxygens (including phenoxy) is 2. The minimum Gasteiger partial charge on any atom is -0.460 e. The lowest BCUT2D eigenvalue weighted by molar-refractivity contribution is -0.150. The molecular weight excluding hydrogens is 320 g/mol. The number of esters is 1. The monoisotopic (exact) mass is 348 g/mol. The molecule has 1 aliphatic heterocycles. The first-order valence-corrected chi connectivity index (χ1v) is 8.65. The van der Waals surface area contributed by atoms with Crippen LogP contribution in [0.2, 0.25) is 0 Å². The summed E-state index contributed by atoms with van der Waals surface area (Å²) in [6.45, 7) is 7.20. The van der Waals surface area contributed by atoms with E-state index in [4.69, 9.17) is 9.47 Å². The average Bonchev–Trinajstić information content (AvgIpc) is 2.92. The first-order chi connectivity index (χ1) is 11.7. The summed E-state index contributed by atoms with van der Waals surface area (Å²) in [5.74, 6) is -0.873. The van der Waals surface area contributed by atoms with Gasteiger partial charge in [0.25, 0.3) is 0 Å². The molecule has 2 atom stereocenters. The zero-order chi connectivity index (χ0) is 18.4. The molecular formula is C19H28N2O4. The highest BCUT2D eigenvalue weighted by molar-refractivity contribution is 5.79. The number of hydrogen-bond donors (Lipinski definition) is 1. The van der Waals surface area contributed by atoms with E-state index < -0.39 is 17.6 Å². The number of nitrogens with one attached hydrogen (secondary N) is 1. The summed E-state index contributed by atoms with van der Waals surface area (Å²) in [6.07, 6.45) is 0.204. The van der Waals surface area contributed by atoms with Gasteiger partial charge in [-0.25, -0.2) is 4.79 Å². The molecule has 1 heterocycles. The number of likely N-dealkylation sites (tertiary alicyclic amines) is 1. The van der Waals surface area contributed by atoms with Crippen LogP contribution in [0.5, 0.6) is 0 Å². The molecule has 0 radical (unpaired) electrons. The molecule has 1 aromatic carbocycles. The lowest BCUT2D eigenvalue weighted by Crippen LogP contribution is -2.37. The van der Waals surface area contributed by atoms with Crippen LogP contribution in [0.3, 0.4) is 0 Å². The second-order valence-electron chi connectivity index (χ2n) is 7.46. The molecule has 6 heteroatoms. The molecule has 1 aliphatic rings. The van der Waals surface area contributed by atoms with Crippen molar-refractivity contribution in [3.63, 3.8) is 0 Å². The lowest BCUT2D eigenvalue weighted by Gasteiger charge is -2.22. The summed E-state index contributed by atoms with van der Waals surface area (Å²) in [5, 5.41) is 2.68. The van der Waals surface area contributed by atoms with E-state index >= 15 is 0 Å². The molecule has 138 valence electrons. The lowest BCUT2D eigenvalue weighted by atomic mass is 9.99. The zero-order valence-corrected chi connectivity index (χ0v) is 15.5.